The molecule has 0 atom stereocenters. The number of aromatic carboxylic acids is 1. The van der Waals surface area contributed by atoms with Crippen molar-refractivity contribution in [3.05, 3.63) is 45.9 Å². The summed E-state index contributed by atoms with van der Waals surface area (Å²) in [5, 5.41) is 10.6. The van der Waals surface area contributed by atoms with Gasteiger partial charge in [0.2, 0.25) is 0 Å². The SMILES string of the molecule is CCCCCn1c(C(=O)O)cc2cc(C)ccc2c1=O. The van der Waals surface area contributed by atoms with Crippen LogP contribution in [0.2, 0.25) is 0 Å². The van der Waals surface area contributed by atoms with Crippen molar-refractivity contribution in [1.82, 2.24) is 4.57 Å². The fourth-order valence-corrected chi connectivity index (χ4v) is 2.40. The normalized spacial score (nSPS) is 10.9. The molecule has 2 rings (SSSR count). The van der Waals surface area contributed by atoms with Gasteiger partial charge in [0.25, 0.3) is 5.56 Å². The molecule has 2 aromatic rings. The van der Waals surface area contributed by atoms with Crippen LogP contribution in [0.25, 0.3) is 10.8 Å². The topological polar surface area (TPSA) is 59.3 Å². The molecule has 0 aliphatic carbocycles. The molecule has 0 bridgehead atoms. The second kappa shape index (κ2) is 5.90. The van der Waals surface area contributed by atoms with Crippen LogP contribution in [0.5, 0.6) is 0 Å². The van der Waals surface area contributed by atoms with E-state index in [2.05, 4.69) is 6.92 Å². The number of nitrogens with zero attached hydrogens (tertiary/aromatic N) is 1. The van der Waals surface area contributed by atoms with Gasteiger partial charge in [0.1, 0.15) is 5.69 Å². The van der Waals surface area contributed by atoms with Crippen molar-refractivity contribution in [2.45, 2.75) is 39.7 Å². The largest absolute Gasteiger partial charge is 0.477 e. The number of pyridine rings is 1. The number of carbonyl (C=O) groups is 1. The molecule has 1 aromatic heterocycles. The van der Waals surface area contributed by atoms with Gasteiger partial charge in [-0.05, 0) is 30.9 Å². The summed E-state index contributed by atoms with van der Waals surface area (Å²) in [6, 6.07) is 7.09. The van der Waals surface area contributed by atoms with Crippen LogP contribution in [-0.2, 0) is 6.54 Å². The van der Waals surface area contributed by atoms with Gasteiger partial charge in [-0.2, -0.15) is 0 Å². The molecule has 4 nitrogen and oxygen atoms in total. The van der Waals surface area contributed by atoms with Gasteiger partial charge in [-0.1, -0.05) is 37.5 Å². The molecule has 0 spiro atoms. The molecule has 0 amide bonds. The van der Waals surface area contributed by atoms with Crippen LogP contribution in [0, 0.1) is 6.92 Å². The standard InChI is InChI=1S/C16H19NO3/c1-3-4-5-8-17-14(16(19)20)10-12-9-11(2)6-7-13(12)15(17)18/h6-7,9-10H,3-5,8H2,1-2H3,(H,19,20). The first-order chi connectivity index (χ1) is 9.54. The number of rotatable bonds is 5. The zero-order chi connectivity index (χ0) is 14.7. The lowest BCUT2D eigenvalue weighted by molar-refractivity contribution is 0.0683. The molecule has 0 aliphatic rings. The Morgan fingerprint density at radius 2 is 2.00 bits per heavy atom. The Bertz CT molecular complexity index is 701. The summed E-state index contributed by atoms with van der Waals surface area (Å²) in [5.74, 6) is -1.05. The van der Waals surface area contributed by atoms with Crippen LogP contribution in [0.15, 0.2) is 29.1 Å². The highest BCUT2D eigenvalue weighted by molar-refractivity contribution is 5.92. The minimum atomic E-state index is -1.05. The molecule has 20 heavy (non-hydrogen) atoms. The summed E-state index contributed by atoms with van der Waals surface area (Å²) in [6.07, 6.45) is 2.83. The van der Waals surface area contributed by atoms with Crippen LogP contribution in [-0.4, -0.2) is 15.6 Å². The van der Waals surface area contributed by atoms with Gasteiger partial charge in [0, 0.05) is 11.9 Å². The molecule has 1 aromatic carbocycles. The van der Waals surface area contributed by atoms with Gasteiger partial charge in [-0.25, -0.2) is 4.79 Å². The Hall–Kier alpha value is -2.10. The summed E-state index contributed by atoms with van der Waals surface area (Å²) >= 11 is 0. The average Bonchev–Trinajstić information content (AvgIpc) is 2.40. The molecule has 0 saturated carbocycles. The Balaban J connectivity index is 2.61. The van der Waals surface area contributed by atoms with E-state index in [4.69, 9.17) is 0 Å². The molecule has 0 unspecified atom stereocenters. The van der Waals surface area contributed by atoms with E-state index in [0.29, 0.717) is 17.3 Å². The first-order valence-electron chi connectivity index (χ1n) is 6.92. The maximum Gasteiger partial charge on any atom is 0.352 e. The predicted octanol–water partition coefficient (Wildman–Crippen LogP) is 3.20. The second-order valence-corrected chi connectivity index (χ2v) is 5.09. The number of benzene rings is 1. The maximum absolute atomic E-state index is 12.5. The van der Waals surface area contributed by atoms with Crippen molar-refractivity contribution in [3.8, 4) is 0 Å². The number of hydrogen-bond donors (Lipinski definition) is 1. The van der Waals surface area contributed by atoms with Crippen molar-refractivity contribution < 1.29 is 9.90 Å². The van der Waals surface area contributed by atoms with Crippen LogP contribution in [0.3, 0.4) is 0 Å². The van der Waals surface area contributed by atoms with E-state index in [1.165, 1.54) is 4.57 Å². The van der Waals surface area contributed by atoms with Gasteiger partial charge in [0.05, 0.1) is 0 Å². The lowest BCUT2D eigenvalue weighted by atomic mass is 10.1. The van der Waals surface area contributed by atoms with Crippen molar-refractivity contribution in [3.63, 3.8) is 0 Å². The van der Waals surface area contributed by atoms with E-state index in [1.54, 1.807) is 12.1 Å². The summed E-state index contributed by atoms with van der Waals surface area (Å²) in [4.78, 5) is 23.8. The summed E-state index contributed by atoms with van der Waals surface area (Å²) < 4.78 is 1.38. The lowest BCUT2D eigenvalue weighted by Crippen LogP contribution is -2.26. The third-order valence-corrected chi connectivity index (χ3v) is 3.47. The van der Waals surface area contributed by atoms with Crippen LogP contribution in [0.4, 0.5) is 0 Å². The summed E-state index contributed by atoms with van der Waals surface area (Å²) in [6.45, 7) is 4.45. The monoisotopic (exact) mass is 273 g/mol. The zero-order valence-corrected chi connectivity index (χ0v) is 11.8. The van der Waals surface area contributed by atoms with Crippen molar-refractivity contribution in [1.29, 1.82) is 0 Å². The number of aromatic nitrogens is 1. The van der Waals surface area contributed by atoms with Crippen LogP contribution in [0.1, 0.15) is 42.2 Å². The average molecular weight is 273 g/mol. The number of carboxylic acids is 1. The Kier molecular flexibility index (Phi) is 4.23. The predicted molar refractivity (Wildman–Crippen MR) is 79.4 cm³/mol. The van der Waals surface area contributed by atoms with Crippen molar-refractivity contribution >= 4 is 16.7 Å². The molecule has 106 valence electrons. The highest BCUT2D eigenvalue weighted by atomic mass is 16.4. The van der Waals surface area contributed by atoms with Crippen LogP contribution < -0.4 is 5.56 Å². The first-order valence-corrected chi connectivity index (χ1v) is 6.92. The minimum absolute atomic E-state index is 0.0733. The van der Waals surface area contributed by atoms with Gasteiger partial charge >= 0.3 is 5.97 Å². The Labute approximate surface area is 117 Å². The van der Waals surface area contributed by atoms with Crippen LogP contribution >= 0.6 is 0 Å². The van der Waals surface area contributed by atoms with Gasteiger partial charge in [0.15, 0.2) is 0 Å². The highest BCUT2D eigenvalue weighted by Crippen LogP contribution is 2.15. The number of unbranched alkanes of at least 4 members (excludes halogenated alkanes) is 2. The van der Waals surface area contributed by atoms with E-state index in [0.717, 1.165) is 24.8 Å². The summed E-state index contributed by atoms with van der Waals surface area (Å²) in [7, 11) is 0. The molecule has 0 aliphatic heterocycles. The fraction of sp³-hybridized carbons (Fsp3) is 0.375. The van der Waals surface area contributed by atoms with E-state index in [9.17, 15) is 14.7 Å². The minimum Gasteiger partial charge on any atom is -0.477 e. The lowest BCUT2D eigenvalue weighted by Gasteiger charge is -2.11. The summed E-state index contributed by atoms with van der Waals surface area (Å²) in [5.41, 5.74) is 0.872. The number of fused-ring (bicyclic) bond motifs is 1. The van der Waals surface area contributed by atoms with E-state index >= 15 is 0 Å². The fourth-order valence-electron chi connectivity index (χ4n) is 2.40. The van der Waals surface area contributed by atoms with E-state index in [1.807, 2.05) is 19.1 Å². The second-order valence-electron chi connectivity index (χ2n) is 5.09. The zero-order valence-electron chi connectivity index (χ0n) is 11.8. The maximum atomic E-state index is 12.5. The molecular weight excluding hydrogens is 254 g/mol. The molecule has 4 heteroatoms. The molecule has 0 radical (unpaired) electrons. The Morgan fingerprint density at radius 3 is 2.65 bits per heavy atom. The quantitative estimate of drug-likeness (QED) is 0.851. The van der Waals surface area contributed by atoms with Gasteiger partial charge in [-0.3, -0.25) is 4.79 Å². The highest BCUT2D eigenvalue weighted by Gasteiger charge is 2.14. The number of hydrogen-bond acceptors (Lipinski definition) is 2. The van der Waals surface area contributed by atoms with Crippen molar-refractivity contribution in [2.75, 3.05) is 0 Å². The van der Waals surface area contributed by atoms with Crippen molar-refractivity contribution in [2.24, 2.45) is 0 Å². The molecule has 0 fully saturated rings. The smallest absolute Gasteiger partial charge is 0.352 e. The number of carboxylic acid groups (broad SMARTS) is 1. The molecule has 1 heterocycles. The van der Waals surface area contributed by atoms with E-state index < -0.39 is 5.97 Å². The Morgan fingerprint density at radius 1 is 1.25 bits per heavy atom. The third-order valence-electron chi connectivity index (χ3n) is 3.47. The van der Waals surface area contributed by atoms with Gasteiger partial charge in [-0.15, -0.1) is 0 Å². The third kappa shape index (κ3) is 2.74. The first kappa shape index (κ1) is 14.3. The molecular formula is C16H19NO3. The molecule has 1 N–H and O–H groups in total. The van der Waals surface area contributed by atoms with Gasteiger partial charge < -0.3 is 9.67 Å². The van der Waals surface area contributed by atoms with E-state index in [-0.39, 0.29) is 11.3 Å². The number of aryl methyl sites for hydroxylation is 1. The molecule has 0 saturated heterocycles.